The van der Waals surface area contributed by atoms with E-state index in [1.807, 2.05) is 13.0 Å². The van der Waals surface area contributed by atoms with E-state index in [0.717, 1.165) is 24.2 Å². The van der Waals surface area contributed by atoms with Crippen LogP contribution >= 0.6 is 0 Å². The normalized spacial score (nSPS) is 10.1. The van der Waals surface area contributed by atoms with Gasteiger partial charge in [-0.3, -0.25) is 0 Å². The summed E-state index contributed by atoms with van der Waals surface area (Å²) in [6.45, 7) is 3.31. The highest BCUT2D eigenvalue weighted by Gasteiger charge is 2.03. The third kappa shape index (κ3) is 2.92. The van der Waals surface area contributed by atoms with Crippen LogP contribution in [0.1, 0.15) is 18.9 Å². The van der Waals surface area contributed by atoms with E-state index in [-0.39, 0.29) is 5.75 Å². The van der Waals surface area contributed by atoms with E-state index in [4.69, 9.17) is 10.5 Å². The second-order valence-corrected chi connectivity index (χ2v) is 3.18. The molecule has 14 heavy (non-hydrogen) atoms. The Morgan fingerprint density at radius 3 is 2.86 bits per heavy atom. The fraction of sp³-hybridized carbons (Fsp3) is 0.455. The maximum absolute atomic E-state index is 9.29. The van der Waals surface area contributed by atoms with E-state index in [2.05, 4.69) is 0 Å². The zero-order valence-corrected chi connectivity index (χ0v) is 8.49. The molecule has 0 amide bonds. The Hall–Kier alpha value is -1.22. The molecule has 0 aliphatic rings. The summed E-state index contributed by atoms with van der Waals surface area (Å²) in [6, 6.07) is 5.15. The van der Waals surface area contributed by atoms with E-state index < -0.39 is 0 Å². The van der Waals surface area contributed by atoms with Gasteiger partial charge in [0.25, 0.3) is 0 Å². The zero-order chi connectivity index (χ0) is 10.4. The van der Waals surface area contributed by atoms with Gasteiger partial charge in [0.1, 0.15) is 11.5 Å². The van der Waals surface area contributed by atoms with Gasteiger partial charge in [-0.05, 0) is 31.0 Å². The minimum Gasteiger partial charge on any atom is -0.508 e. The second-order valence-electron chi connectivity index (χ2n) is 3.18. The molecular formula is C11H17NO2. The molecule has 0 aliphatic carbocycles. The zero-order valence-electron chi connectivity index (χ0n) is 8.49. The van der Waals surface area contributed by atoms with Crippen molar-refractivity contribution >= 4 is 0 Å². The number of hydrogen-bond donors (Lipinski definition) is 2. The molecule has 0 radical (unpaired) electrons. The van der Waals surface area contributed by atoms with Crippen molar-refractivity contribution in [3.05, 3.63) is 23.8 Å². The van der Waals surface area contributed by atoms with Crippen LogP contribution in [-0.2, 0) is 6.42 Å². The summed E-state index contributed by atoms with van der Waals surface area (Å²) in [4.78, 5) is 0. The van der Waals surface area contributed by atoms with Crippen LogP contribution in [0.5, 0.6) is 11.5 Å². The van der Waals surface area contributed by atoms with Gasteiger partial charge >= 0.3 is 0 Å². The Morgan fingerprint density at radius 2 is 2.21 bits per heavy atom. The van der Waals surface area contributed by atoms with Gasteiger partial charge in [0.05, 0.1) is 6.61 Å². The fourth-order valence-corrected chi connectivity index (χ4v) is 1.25. The molecule has 1 rings (SSSR count). The van der Waals surface area contributed by atoms with Crippen molar-refractivity contribution < 1.29 is 9.84 Å². The summed E-state index contributed by atoms with van der Waals surface area (Å²) in [6.07, 6.45) is 1.73. The number of ether oxygens (including phenoxy) is 1. The number of rotatable bonds is 5. The molecule has 0 aliphatic heterocycles. The Balaban J connectivity index is 2.79. The summed E-state index contributed by atoms with van der Waals surface area (Å²) in [7, 11) is 0. The van der Waals surface area contributed by atoms with Gasteiger partial charge in [0, 0.05) is 6.07 Å². The predicted molar refractivity (Wildman–Crippen MR) is 56.7 cm³/mol. The second kappa shape index (κ2) is 5.50. The van der Waals surface area contributed by atoms with Gasteiger partial charge in [-0.25, -0.2) is 0 Å². The van der Waals surface area contributed by atoms with Crippen LogP contribution in [0.3, 0.4) is 0 Å². The molecule has 3 N–H and O–H groups in total. The molecule has 1 aromatic carbocycles. The van der Waals surface area contributed by atoms with Gasteiger partial charge in [-0.15, -0.1) is 0 Å². The van der Waals surface area contributed by atoms with Crippen molar-refractivity contribution in [3.63, 3.8) is 0 Å². The van der Waals surface area contributed by atoms with Gasteiger partial charge in [0.15, 0.2) is 0 Å². The molecule has 3 heteroatoms. The Kier molecular flexibility index (Phi) is 4.26. The largest absolute Gasteiger partial charge is 0.508 e. The molecule has 0 aromatic heterocycles. The first-order chi connectivity index (χ1) is 6.77. The molecule has 0 spiro atoms. The first-order valence-corrected chi connectivity index (χ1v) is 4.92. The molecule has 0 atom stereocenters. The van der Waals surface area contributed by atoms with E-state index in [1.54, 1.807) is 12.1 Å². The van der Waals surface area contributed by atoms with Crippen LogP contribution in [0.4, 0.5) is 0 Å². The van der Waals surface area contributed by atoms with Crippen LogP contribution < -0.4 is 10.5 Å². The highest BCUT2D eigenvalue weighted by Crippen LogP contribution is 2.24. The lowest BCUT2D eigenvalue weighted by Gasteiger charge is -2.10. The minimum atomic E-state index is 0.233. The first-order valence-electron chi connectivity index (χ1n) is 4.92. The van der Waals surface area contributed by atoms with E-state index in [9.17, 15) is 5.11 Å². The van der Waals surface area contributed by atoms with Crippen LogP contribution in [0, 0.1) is 0 Å². The van der Waals surface area contributed by atoms with Crippen LogP contribution in [0.25, 0.3) is 0 Å². The van der Waals surface area contributed by atoms with Gasteiger partial charge in [-0.2, -0.15) is 0 Å². The lowest BCUT2D eigenvalue weighted by Crippen LogP contribution is -2.05. The van der Waals surface area contributed by atoms with Gasteiger partial charge in [0.2, 0.25) is 0 Å². The molecule has 0 saturated heterocycles. The smallest absolute Gasteiger partial charge is 0.126 e. The Labute approximate surface area is 84.5 Å². The third-order valence-corrected chi connectivity index (χ3v) is 1.93. The fourth-order valence-electron chi connectivity index (χ4n) is 1.25. The van der Waals surface area contributed by atoms with Crippen LogP contribution in [-0.4, -0.2) is 18.3 Å². The van der Waals surface area contributed by atoms with Gasteiger partial charge < -0.3 is 15.6 Å². The molecule has 0 unspecified atom stereocenters. The standard InChI is InChI=1S/C11H17NO2/c1-2-7-14-11-8-10(13)4-3-9(11)5-6-12/h3-4,8,13H,2,5-7,12H2,1H3. The average Bonchev–Trinajstić information content (AvgIpc) is 2.18. The minimum absolute atomic E-state index is 0.233. The number of phenolic OH excluding ortho intramolecular Hbond substituents is 1. The molecule has 0 heterocycles. The summed E-state index contributed by atoms with van der Waals surface area (Å²) >= 11 is 0. The number of benzene rings is 1. The summed E-state index contributed by atoms with van der Waals surface area (Å²) in [5, 5.41) is 9.29. The quantitative estimate of drug-likeness (QED) is 0.751. The number of aromatic hydroxyl groups is 1. The van der Waals surface area contributed by atoms with Crippen molar-refractivity contribution in [2.75, 3.05) is 13.2 Å². The summed E-state index contributed by atoms with van der Waals surface area (Å²) in [5.41, 5.74) is 6.53. The Bertz CT molecular complexity index is 287. The van der Waals surface area contributed by atoms with Crippen molar-refractivity contribution in [1.82, 2.24) is 0 Å². The maximum atomic E-state index is 9.29. The van der Waals surface area contributed by atoms with Crippen molar-refractivity contribution in [1.29, 1.82) is 0 Å². The topological polar surface area (TPSA) is 55.5 Å². The third-order valence-electron chi connectivity index (χ3n) is 1.93. The summed E-state index contributed by atoms with van der Waals surface area (Å²) < 4.78 is 5.50. The molecular weight excluding hydrogens is 178 g/mol. The summed E-state index contributed by atoms with van der Waals surface area (Å²) in [5.74, 6) is 0.981. The molecule has 0 fully saturated rings. The molecule has 78 valence electrons. The lowest BCUT2D eigenvalue weighted by molar-refractivity contribution is 0.312. The SMILES string of the molecule is CCCOc1cc(O)ccc1CCN. The molecule has 0 saturated carbocycles. The molecule has 3 nitrogen and oxygen atoms in total. The van der Waals surface area contributed by atoms with E-state index >= 15 is 0 Å². The highest BCUT2D eigenvalue weighted by molar-refractivity contribution is 5.40. The average molecular weight is 195 g/mol. The molecule has 1 aromatic rings. The van der Waals surface area contributed by atoms with Crippen LogP contribution in [0.2, 0.25) is 0 Å². The monoisotopic (exact) mass is 195 g/mol. The van der Waals surface area contributed by atoms with E-state index in [1.165, 1.54) is 0 Å². The number of hydrogen-bond acceptors (Lipinski definition) is 3. The highest BCUT2D eigenvalue weighted by atomic mass is 16.5. The lowest BCUT2D eigenvalue weighted by atomic mass is 10.1. The number of phenols is 1. The Morgan fingerprint density at radius 1 is 1.43 bits per heavy atom. The van der Waals surface area contributed by atoms with Crippen molar-refractivity contribution in [3.8, 4) is 11.5 Å². The maximum Gasteiger partial charge on any atom is 0.126 e. The molecule has 0 bridgehead atoms. The van der Waals surface area contributed by atoms with Crippen molar-refractivity contribution in [2.45, 2.75) is 19.8 Å². The first kappa shape index (κ1) is 10.9. The van der Waals surface area contributed by atoms with E-state index in [0.29, 0.717) is 13.2 Å². The van der Waals surface area contributed by atoms with Gasteiger partial charge in [-0.1, -0.05) is 13.0 Å². The predicted octanol–water partition coefficient (Wildman–Crippen LogP) is 1.68. The number of nitrogens with two attached hydrogens (primary N) is 1. The van der Waals surface area contributed by atoms with Crippen molar-refractivity contribution in [2.24, 2.45) is 5.73 Å². The van der Waals surface area contributed by atoms with Crippen LogP contribution in [0.15, 0.2) is 18.2 Å².